The Hall–Kier alpha value is -3.93. The predicted molar refractivity (Wildman–Crippen MR) is 135 cm³/mol. The van der Waals surface area contributed by atoms with Crippen LogP contribution in [0.1, 0.15) is 60.9 Å². The van der Waals surface area contributed by atoms with Crippen LogP contribution in [0.2, 0.25) is 0 Å². The van der Waals surface area contributed by atoms with Crippen LogP contribution in [0, 0.1) is 6.92 Å². The maximum absolute atomic E-state index is 13.4. The summed E-state index contributed by atoms with van der Waals surface area (Å²) in [7, 11) is 0. The molecule has 5 heterocycles. The van der Waals surface area contributed by atoms with Crippen LogP contribution in [-0.2, 0) is 23.3 Å². The van der Waals surface area contributed by atoms with Crippen LogP contribution >= 0.6 is 0 Å². The van der Waals surface area contributed by atoms with Crippen molar-refractivity contribution in [3.05, 3.63) is 46.7 Å². The molecule has 0 radical (unpaired) electrons. The van der Waals surface area contributed by atoms with Gasteiger partial charge in [-0.25, -0.2) is 14.6 Å². The highest BCUT2D eigenvalue weighted by atomic mass is 16.2. The van der Waals surface area contributed by atoms with Crippen molar-refractivity contribution in [3.63, 3.8) is 0 Å². The molecule has 194 valence electrons. The van der Waals surface area contributed by atoms with Crippen LogP contribution in [0.5, 0.6) is 0 Å². The summed E-state index contributed by atoms with van der Waals surface area (Å²) in [5.41, 5.74) is 10.2. The van der Waals surface area contributed by atoms with E-state index in [2.05, 4.69) is 36.8 Å². The zero-order valence-electron chi connectivity index (χ0n) is 21.1. The number of nitrogens with one attached hydrogen (secondary N) is 4. The van der Waals surface area contributed by atoms with Gasteiger partial charge in [-0.05, 0) is 50.3 Å². The lowest BCUT2D eigenvalue weighted by Crippen LogP contribution is -2.57. The van der Waals surface area contributed by atoms with E-state index in [9.17, 15) is 14.4 Å². The third-order valence-corrected chi connectivity index (χ3v) is 7.95. The number of aromatic nitrogens is 4. The molecule has 0 saturated carbocycles. The smallest absolute Gasteiger partial charge is 0.322 e. The van der Waals surface area contributed by atoms with Crippen molar-refractivity contribution >= 4 is 28.9 Å². The van der Waals surface area contributed by atoms with Crippen LogP contribution in [-0.4, -0.2) is 61.2 Å². The topological polar surface area (TPSA) is 163 Å². The number of imide groups is 1. The lowest BCUT2D eigenvalue weighted by molar-refractivity contribution is -0.125. The first-order chi connectivity index (χ1) is 17.6. The van der Waals surface area contributed by atoms with E-state index < -0.39 is 17.1 Å². The van der Waals surface area contributed by atoms with E-state index in [1.807, 2.05) is 27.0 Å². The highest BCUT2D eigenvalue weighted by Crippen LogP contribution is 2.35. The summed E-state index contributed by atoms with van der Waals surface area (Å²) in [6.07, 6.45) is 4.95. The quantitative estimate of drug-likeness (QED) is 0.330. The molecule has 12 heteroatoms. The summed E-state index contributed by atoms with van der Waals surface area (Å²) < 4.78 is 2.11. The van der Waals surface area contributed by atoms with E-state index in [1.165, 1.54) is 0 Å². The van der Waals surface area contributed by atoms with Gasteiger partial charge in [-0.1, -0.05) is 6.07 Å². The predicted octanol–water partition coefficient (Wildman–Crippen LogP) is 1.29. The summed E-state index contributed by atoms with van der Waals surface area (Å²) in [4.78, 5) is 43.8. The average Bonchev–Trinajstić information content (AvgIpc) is 3.52. The van der Waals surface area contributed by atoms with Crippen LogP contribution in [0.4, 0.5) is 9.59 Å². The molecule has 1 aromatic carbocycles. The van der Waals surface area contributed by atoms with Crippen molar-refractivity contribution in [2.45, 2.75) is 63.7 Å². The van der Waals surface area contributed by atoms with Crippen molar-refractivity contribution in [1.29, 1.82) is 0 Å². The number of aromatic amines is 1. The number of carbonyl (C=O) groups is 3. The van der Waals surface area contributed by atoms with E-state index in [0.29, 0.717) is 38.9 Å². The van der Waals surface area contributed by atoms with Crippen LogP contribution in [0.3, 0.4) is 0 Å². The molecule has 0 aliphatic carbocycles. The number of nitrogens with two attached hydrogens (primary N) is 1. The Labute approximate surface area is 213 Å². The number of amides is 5. The van der Waals surface area contributed by atoms with E-state index in [1.54, 1.807) is 11.1 Å². The van der Waals surface area contributed by atoms with Gasteiger partial charge in [-0.15, -0.1) is 0 Å². The van der Waals surface area contributed by atoms with Gasteiger partial charge >= 0.3 is 12.1 Å². The van der Waals surface area contributed by atoms with E-state index in [-0.39, 0.29) is 18.0 Å². The number of benzene rings is 1. The van der Waals surface area contributed by atoms with E-state index in [0.717, 1.165) is 39.1 Å². The van der Waals surface area contributed by atoms with Gasteiger partial charge in [0.05, 0.1) is 41.7 Å². The summed E-state index contributed by atoms with van der Waals surface area (Å²) in [5, 5.41) is 16.7. The molecule has 0 bridgehead atoms. The van der Waals surface area contributed by atoms with Gasteiger partial charge in [0.1, 0.15) is 11.4 Å². The maximum Gasteiger partial charge on any atom is 0.322 e. The summed E-state index contributed by atoms with van der Waals surface area (Å²) in [6.45, 7) is 7.22. The number of urea groups is 2. The van der Waals surface area contributed by atoms with E-state index in [4.69, 9.17) is 10.7 Å². The van der Waals surface area contributed by atoms with Gasteiger partial charge in [-0.2, -0.15) is 5.10 Å². The minimum absolute atomic E-state index is 0.225. The Kier molecular flexibility index (Phi) is 5.10. The third kappa shape index (κ3) is 3.74. The molecular weight excluding hydrogens is 474 g/mol. The normalized spacial score (nSPS) is 20.9. The van der Waals surface area contributed by atoms with Gasteiger partial charge in [0, 0.05) is 24.9 Å². The fourth-order valence-electron chi connectivity index (χ4n) is 5.92. The number of aryl methyl sites for hydroxylation is 1. The Bertz CT molecular complexity index is 1440. The molecule has 2 fully saturated rings. The summed E-state index contributed by atoms with van der Waals surface area (Å²) >= 11 is 0. The third-order valence-electron chi connectivity index (χ3n) is 7.95. The summed E-state index contributed by atoms with van der Waals surface area (Å²) in [5.74, 6) is 0.432. The molecule has 3 aliphatic rings. The number of rotatable bonds is 2. The molecular formula is C25H31N9O3. The molecule has 6 rings (SSSR count). The van der Waals surface area contributed by atoms with Crippen LogP contribution < -0.4 is 21.7 Å². The standard InChI is InChI=1S/C25H31N9O3/c1-13-8-14-9-17(29-23(37)33-6-4-25(5-7-33)21(35)30-22(36)31-25)20-27-11-18(24(2,3)26)34(20)12-16(14)15-10-28-32-19(13)15/h8,10-11,17H,4-7,9,12,26H2,1-3H3,(H,28,32)(H,29,37)(H2,30,31,35,36)/t17-/m1/s1. The molecule has 2 aromatic heterocycles. The van der Waals surface area contributed by atoms with Gasteiger partial charge in [0.2, 0.25) is 0 Å². The molecule has 3 aliphatic heterocycles. The number of imidazole rings is 1. The van der Waals surface area contributed by atoms with Crippen LogP contribution in [0.15, 0.2) is 18.5 Å². The maximum atomic E-state index is 13.4. The lowest BCUT2D eigenvalue weighted by Gasteiger charge is -2.37. The highest BCUT2D eigenvalue weighted by Gasteiger charge is 2.48. The van der Waals surface area contributed by atoms with Gasteiger partial charge < -0.3 is 25.8 Å². The minimum atomic E-state index is -0.930. The average molecular weight is 506 g/mol. The Morgan fingerprint density at radius 2 is 2.00 bits per heavy atom. The summed E-state index contributed by atoms with van der Waals surface area (Å²) in [6, 6.07) is 1.07. The molecule has 12 nitrogen and oxygen atoms in total. The second-order valence-corrected chi connectivity index (χ2v) is 11.0. The molecule has 1 atom stereocenters. The fraction of sp³-hybridized carbons (Fsp3) is 0.480. The van der Waals surface area contributed by atoms with Crippen molar-refractivity contribution in [2.24, 2.45) is 5.73 Å². The minimum Gasteiger partial charge on any atom is -0.328 e. The first kappa shape index (κ1) is 23.5. The van der Waals surface area contributed by atoms with E-state index >= 15 is 0 Å². The highest BCUT2D eigenvalue weighted by molar-refractivity contribution is 6.07. The number of likely N-dealkylation sites (tertiary alicyclic amines) is 1. The largest absolute Gasteiger partial charge is 0.328 e. The number of fused-ring (bicyclic) bond motifs is 4. The van der Waals surface area contributed by atoms with Crippen molar-refractivity contribution in [2.75, 3.05) is 13.1 Å². The first-order valence-electron chi connectivity index (χ1n) is 12.5. The Balaban J connectivity index is 1.31. The second-order valence-electron chi connectivity index (χ2n) is 11.0. The van der Waals surface area contributed by atoms with Crippen LogP contribution in [0.25, 0.3) is 10.9 Å². The molecule has 6 N–H and O–H groups in total. The fourth-order valence-corrected chi connectivity index (χ4v) is 5.92. The zero-order valence-corrected chi connectivity index (χ0v) is 21.1. The number of nitrogens with zero attached hydrogens (tertiary/aromatic N) is 4. The number of hydrogen-bond donors (Lipinski definition) is 5. The number of piperidine rings is 1. The molecule has 2 saturated heterocycles. The first-order valence-corrected chi connectivity index (χ1v) is 12.5. The Morgan fingerprint density at radius 3 is 2.68 bits per heavy atom. The Morgan fingerprint density at radius 1 is 1.24 bits per heavy atom. The zero-order chi connectivity index (χ0) is 26.1. The lowest BCUT2D eigenvalue weighted by atomic mass is 9.88. The number of H-pyrrole nitrogens is 1. The number of carbonyl (C=O) groups excluding carboxylic acids is 3. The van der Waals surface area contributed by atoms with Gasteiger partial charge in [-0.3, -0.25) is 15.2 Å². The van der Waals surface area contributed by atoms with Crippen molar-refractivity contribution < 1.29 is 14.4 Å². The van der Waals surface area contributed by atoms with Gasteiger partial charge in [0.25, 0.3) is 5.91 Å². The van der Waals surface area contributed by atoms with Gasteiger partial charge in [0.15, 0.2) is 0 Å². The molecule has 3 aromatic rings. The molecule has 1 spiro atoms. The van der Waals surface area contributed by atoms with Crippen molar-refractivity contribution in [3.8, 4) is 0 Å². The molecule has 0 unspecified atom stereocenters. The van der Waals surface area contributed by atoms with Crippen molar-refractivity contribution in [1.82, 2.24) is 40.6 Å². The SMILES string of the molecule is Cc1cc2c(c3cn[nH]c13)Cn1c(C(C)(C)N)cnc1[C@H](NC(=O)N1CCC3(CC1)NC(=O)NC3=O)C2. The second kappa shape index (κ2) is 8.04. The molecule has 5 amide bonds. The monoisotopic (exact) mass is 505 g/mol. The number of hydrogen-bond acceptors (Lipinski definition) is 6. The molecule has 37 heavy (non-hydrogen) atoms.